The van der Waals surface area contributed by atoms with Gasteiger partial charge in [-0.2, -0.15) is 9.40 Å². The number of hydrogen-bond acceptors (Lipinski definition) is 5. The Hall–Kier alpha value is -1.45. The van der Waals surface area contributed by atoms with Crippen molar-refractivity contribution in [3.8, 4) is 0 Å². The van der Waals surface area contributed by atoms with Crippen LogP contribution in [0.4, 0.5) is 0 Å². The third-order valence-electron chi connectivity index (χ3n) is 3.55. The molecule has 1 aromatic heterocycles. The van der Waals surface area contributed by atoms with Gasteiger partial charge in [-0.1, -0.05) is 6.92 Å². The van der Waals surface area contributed by atoms with Crippen LogP contribution in [0.25, 0.3) is 0 Å². The number of nitrogens with zero attached hydrogens (tertiary/aromatic N) is 2. The third-order valence-corrected chi connectivity index (χ3v) is 5.42. The largest absolute Gasteiger partial charge is 0.478 e. The van der Waals surface area contributed by atoms with E-state index >= 15 is 0 Å². The van der Waals surface area contributed by atoms with Gasteiger partial charge in [-0.05, 0) is 19.3 Å². The standard InChI is InChI=1S/C12H19N3O5S/c1-3-15(6-9-4-5-20-7-9)21(18,19)11-10(12(16)17)8(2)13-14-11/h9H,3-7H2,1-2H3,(H,13,14)(H,16,17). The molecule has 21 heavy (non-hydrogen) atoms. The van der Waals surface area contributed by atoms with E-state index in [9.17, 15) is 18.3 Å². The number of aromatic amines is 1. The van der Waals surface area contributed by atoms with Crippen LogP contribution in [0.3, 0.4) is 0 Å². The van der Waals surface area contributed by atoms with E-state index in [-0.39, 0.29) is 23.7 Å². The minimum Gasteiger partial charge on any atom is -0.478 e. The fourth-order valence-electron chi connectivity index (χ4n) is 2.38. The second-order valence-corrected chi connectivity index (χ2v) is 6.87. The molecule has 8 nitrogen and oxygen atoms in total. The number of rotatable bonds is 6. The van der Waals surface area contributed by atoms with E-state index in [0.29, 0.717) is 19.8 Å². The van der Waals surface area contributed by atoms with Gasteiger partial charge < -0.3 is 9.84 Å². The highest BCUT2D eigenvalue weighted by atomic mass is 32.2. The van der Waals surface area contributed by atoms with Crippen LogP contribution >= 0.6 is 0 Å². The number of H-pyrrole nitrogens is 1. The van der Waals surface area contributed by atoms with Crippen LogP contribution in [0.15, 0.2) is 5.03 Å². The predicted octanol–water partition coefficient (Wildman–Crippen LogP) is 0.463. The summed E-state index contributed by atoms with van der Waals surface area (Å²) >= 11 is 0. The molecule has 1 aromatic rings. The normalized spacial score (nSPS) is 19.3. The van der Waals surface area contributed by atoms with Gasteiger partial charge in [0.15, 0.2) is 0 Å². The summed E-state index contributed by atoms with van der Waals surface area (Å²) in [5.74, 6) is -1.17. The van der Waals surface area contributed by atoms with Crippen molar-refractivity contribution in [2.24, 2.45) is 5.92 Å². The van der Waals surface area contributed by atoms with Crippen LogP contribution in [0.2, 0.25) is 0 Å². The third kappa shape index (κ3) is 3.09. The number of ether oxygens (including phenoxy) is 1. The van der Waals surface area contributed by atoms with Crippen molar-refractivity contribution >= 4 is 16.0 Å². The SMILES string of the molecule is CCN(CC1CCOC1)S(=O)(=O)c1n[nH]c(C)c1C(=O)O. The zero-order chi connectivity index (χ0) is 15.6. The van der Waals surface area contributed by atoms with E-state index in [1.807, 2.05) is 0 Å². The molecule has 0 radical (unpaired) electrons. The van der Waals surface area contributed by atoms with Crippen LogP contribution in [0.1, 0.15) is 29.4 Å². The average Bonchev–Trinajstić information content (AvgIpc) is 3.04. The molecule has 1 aliphatic rings. The monoisotopic (exact) mass is 317 g/mol. The highest BCUT2D eigenvalue weighted by Gasteiger charge is 2.34. The number of hydrogen-bond donors (Lipinski definition) is 2. The number of carboxylic acid groups (broad SMARTS) is 1. The molecule has 0 saturated carbocycles. The Morgan fingerprint density at radius 2 is 2.29 bits per heavy atom. The summed E-state index contributed by atoms with van der Waals surface area (Å²) in [6.07, 6.45) is 0.803. The van der Waals surface area contributed by atoms with Crippen LogP contribution in [0.5, 0.6) is 0 Å². The molecule has 2 rings (SSSR count). The minimum absolute atomic E-state index is 0.132. The van der Waals surface area contributed by atoms with Gasteiger partial charge in [-0.15, -0.1) is 0 Å². The van der Waals surface area contributed by atoms with Crippen molar-refractivity contribution < 1.29 is 23.1 Å². The van der Waals surface area contributed by atoms with Gasteiger partial charge in [0.25, 0.3) is 10.0 Å². The summed E-state index contributed by atoms with van der Waals surface area (Å²) in [6.45, 7) is 4.92. The zero-order valence-corrected chi connectivity index (χ0v) is 12.8. The predicted molar refractivity (Wildman–Crippen MR) is 73.6 cm³/mol. The highest BCUT2D eigenvalue weighted by Crippen LogP contribution is 2.23. The van der Waals surface area contributed by atoms with Crippen molar-refractivity contribution in [3.05, 3.63) is 11.3 Å². The summed E-state index contributed by atoms with van der Waals surface area (Å²) in [4.78, 5) is 11.2. The van der Waals surface area contributed by atoms with E-state index in [1.54, 1.807) is 6.92 Å². The number of carbonyl (C=O) groups is 1. The number of sulfonamides is 1. The minimum atomic E-state index is -3.94. The Bertz CT molecular complexity index is 619. The molecule has 0 aromatic carbocycles. The highest BCUT2D eigenvalue weighted by molar-refractivity contribution is 7.89. The first-order valence-electron chi connectivity index (χ1n) is 6.74. The molecule has 0 spiro atoms. The lowest BCUT2D eigenvalue weighted by Crippen LogP contribution is -2.36. The molecule has 0 bridgehead atoms. The Balaban J connectivity index is 2.32. The maximum Gasteiger partial charge on any atom is 0.340 e. The number of aryl methyl sites for hydroxylation is 1. The maximum atomic E-state index is 12.6. The molecule has 1 fully saturated rings. The lowest BCUT2D eigenvalue weighted by atomic mass is 10.1. The number of aromatic carboxylic acids is 1. The van der Waals surface area contributed by atoms with Crippen molar-refractivity contribution in [1.82, 2.24) is 14.5 Å². The van der Waals surface area contributed by atoms with Gasteiger partial charge in [0.05, 0.1) is 6.61 Å². The van der Waals surface area contributed by atoms with E-state index in [1.165, 1.54) is 11.2 Å². The van der Waals surface area contributed by atoms with Gasteiger partial charge in [0.2, 0.25) is 5.03 Å². The van der Waals surface area contributed by atoms with Gasteiger partial charge in [0, 0.05) is 25.4 Å². The lowest BCUT2D eigenvalue weighted by Gasteiger charge is -2.22. The van der Waals surface area contributed by atoms with Gasteiger partial charge in [-0.25, -0.2) is 13.2 Å². The molecule has 2 heterocycles. The zero-order valence-electron chi connectivity index (χ0n) is 12.0. The number of nitrogens with one attached hydrogen (secondary N) is 1. The lowest BCUT2D eigenvalue weighted by molar-refractivity contribution is 0.0691. The first-order chi connectivity index (χ1) is 9.87. The van der Waals surface area contributed by atoms with Crippen LogP contribution in [-0.4, -0.2) is 60.3 Å². The second kappa shape index (κ2) is 6.12. The molecule has 1 atom stereocenters. The maximum absolute atomic E-state index is 12.6. The molecule has 1 saturated heterocycles. The Morgan fingerprint density at radius 1 is 1.57 bits per heavy atom. The quantitative estimate of drug-likeness (QED) is 0.788. The van der Waals surface area contributed by atoms with Gasteiger partial charge >= 0.3 is 5.97 Å². The fraction of sp³-hybridized carbons (Fsp3) is 0.667. The molecule has 2 N–H and O–H groups in total. The van der Waals surface area contributed by atoms with E-state index in [0.717, 1.165) is 6.42 Å². The second-order valence-electron chi connectivity index (χ2n) is 5.02. The molecular weight excluding hydrogens is 298 g/mol. The fourth-order valence-corrected chi connectivity index (χ4v) is 4.03. The molecule has 9 heteroatoms. The smallest absolute Gasteiger partial charge is 0.340 e. The topological polar surface area (TPSA) is 113 Å². The summed E-state index contributed by atoms with van der Waals surface area (Å²) < 4.78 is 31.8. The van der Waals surface area contributed by atoms with Crippen LogP contribution in [-0.2, 0) is 14.8 Å². The van der Waals surface area contributed by atoms with Crippen molar-refractivity contribution in [1.29, 1.82) is 0 Å². The molecular formula is C12H19N3O5S. The molecule has 0 amide bonds. The van der Waals surface area contributed by atoms with Crippen molar-refractivity contribution in [2.75, 3.05) is 26.3 Å². The average molecular weight is 317 g/mol. The van der Waals surface area contributed by atoms with Crippen molar-refractivity contribution in [2.45, 2.75) is 25.3 Å². The Kier molecular flexibility index (Phi) is 4.64. The molecule has 0 aliphatic carbocycles. The van der Waals surface area contributed by atoms with Crippen LogP contribution in [0, 0.1) is 12.8 Å². The Morgan fingerprint density at radius 3 is 2.81 bits per heavy atom. The molecule has 1 aliphatic heterocycles. The van der Waals surface area contributed by atoms with Gasteiger partial charge in [0.1, 0.15) is 5.56 Å². The summed E-state index contributed by atoms with van der Waals surface area (Å²) in [5.41, 5.74) is -0.0718. The van der Waals surface area contributed by atoms with E-state index < -0.39 is 21.0 Å². The molecule has 1 unspecified atom stereocenters. The number of carboxylic acids is 1. The summed E-state index contributed by atoms with van der Waals surface area (Å²) in [5, 5.41) is 14.9. The first kappa shape index (κ1) is 15.9. The van der Waals surface area contributed by atoms with E-state index in [4.69, 9.17) is 4.74 Å². The van der Waals surface area contributed by atoms with Gasteiger partial charge in [-0.3, -0.25) is 5.10 Å². The Labute approximate surface area is 123 Å². The molecule has 118 valence electrons. The van der Waals surface area contributed by atoms with Crippen LogP contribution < -0.4 is 0 Å². The summed E-state index contributed by atoms with van der Waals surface area (Å²) in [6, 6.07) is 0. The summed E-state index contributed by atoms with van der Waals surface area (Å²) in [7, 11) is -3.94. The number of aromatic nitrogens is 2. The van der Waals surface area contributed by atoms with E-state index in [2.05, 4.69) is 10.2 Å². The first-order valence-corrected chi connectivity index (χ1v) is 8.18. The van der Waals surface area contributed by atoms with Crippen molar-refractivity contribution in [3.63, 3.8) is 0 Å².